The Morgan fingerprint density at radius 3 is 2.55 bits per heavy atom. The van der Waals surface area contributed by atoms with Crippen LogP contribution in [0.1, 0.15) is 35.7 Å². The van der Waals surface area contributed by atoms with Gasteiger partial charge in [0.05, 0.1) is 0 Å². The van der Waals surface area contributed by atoms with E-state index in [0.717, 1.165) is 24.1 Å². The van der Waals surface area contributed by atoms with E-state index >= 15 is 0 Å². The first kappa shape index (κ1) is 14.4. The van der Waals surface area contributed by atoms with Crippen LogP contribution < -0.4 is 16.0 Å². The average Bonchev–Trinajstić information content (AvgIpc) is 3.22. The highest BCUT2D eigenvalue weighted by atomic mass is 16.2. The lowest BCUT2D eigenvalue weighted by atomic mass is 10.1. The molecule has 20 heavy (non-hydrogen) atoms. The summed E-state index contributed by atoms with van der Waals surface area (Å²) in [6.07, 6.45) is 2.08. The third-order valence-electron chi connectivity index (χ3n) is 3.42. The van der Waals surface area contributed by atoms with E-state index in [1.807, 2.05) is 26.1 Å². The van der Waals surface area contributed by atoms with Crippen molar-refractivity contribution in [2.45, 2.75) is 38.8 Å². The summed E-state index contributed by atoms with van der Waals surface area (Å²) in [5, 5.41) is 8.65. The van der Waals surface area contributed by atoms with E-state index in [4.69, 9.17) is 0 Å². The fourth-order valence-corrected chi connectivity index (χ4v) is 1.98. The summed E-state index contributed by atoms with van der Waals surface area (Å²) in [7, 11) is 1.84. The van der Waals surface area contributed by atoms with Gasteiger partial charge in [0, 0.05) is 24.3 Å². The number of hydrogen-bond acceptors (Lipinski definition) is 3. The van der Waals surface area contributed by atoms with Crippen LogP contribution in [-0.2, 0) is 4.79 Å². The van der Waals surface area contributed by atoms with Gasteiger partial charge in [0.1, 0.15) is 6.04 Å². The molecule has 1 aromatic rings. The van der Waals surface area contributed by atoms with Crippen molar-refractivity contribution in [1.29, 1.82) is 0 Å². The molecule has 1 fully saturated rings. The summed E-state index contributed by atoms with van der Waals surface area (Å²) >= 11 is 0. The average molecular weight is 275 g/mol. The summed E-state index contributed by atoms with van der Waals surface area (Å²) in [6, 6.07) is 5.21. The zero-order chi connectivity index (χ0) is 14.7. The van der Waals surface area contributed by atoms with Gasteiger partial charge in [-0.2, -0.15) is 0 Å². The van der Waals surface area contributed by atoms with Gasteiger partial charge in [-0.1, -0.05) is 0 Å². The Morgan fingerprint density at radius 1 is 1.30 bits per heavy atom. The molecule has 0 aromatic heterocycles. The third-order valence-corrected chi connectivity index (χ3v) is 3.42. The summed E-state index contributed by atoms with van der Waals surface area (Å²) in [6.45, 7) is 3.64. The van der Waals surface area contributed by atoms with Crippen molar-refractivity contribution in [3.8, 4) is 0 Å². The van der Waals surface area contributed by atoms with Crippen LogP contribution in [0.3, 0.4) is 0 Å². The number of hydrogen-bond donors (Lipinski definition) is 3. The number of carbonyl (C=O) groups is 2. The second-order valence-corrected chi connectivity index (χ2v) is 5.26. The highest BCUT2D eigenvalue weighted by Gasteiger charge is 2.26. The molecule has 0 radical (unpaired) electrons. The Balaban J connectivity index is 1.96. The van der Waals surface area contributed by atoms with Crippen molar-refractivity contribution < 1.29 is 9.59 Å². The molecule has 5 heteroatoms. The number of rotatable bonds is 5. The molecule has 108 valence electrons. The first-order chi connectivity index (χ1) is 9.51. The van der Waals surface area contributed by atoms with E-state index < -0.39 is 6.04 Å². The largest absolute Gasteiger partial charge is 0.388 e. The minimum absolute atomic E-state index is 0.121. The number of aryl methyl sites for hydroxylation is 1. The molecule has 1 aromatic carbocycles. The van der Waals surface area contributed by atoms with Gasteiger partial charge in [-0.25, -0.2) is 0 Å². The molecule has 1 saturated carbocycles. The zero-order valence-electron chi connectivity index (χ0n) is 12.1. The molecule has 1 aliphatic carbocycles. The van der Waals surface area contributed by atoms with E-state index in [-0.39, 0.29) is 11.8 Å². The van der Waals surface area contributed by atoms with Gasteiger partial charge >= 0.3 is 0 Å². The highest BCUT2D eigenvalue weighted by Crippen LogP contribution is 2.19. The monoisotopic (exact) mass is 275 g/mol. The van der Waals surface area contributed by atoms with E-state index in [0.29, 0.717) is 11.6 Å². The van der Waals surface area contributed by atoms with E-state index in [9.17, 15) is 9.59 Å². The van der Waals surface area contributed by atoms with Crippen LogP contribution in [0.5, 0.6) is 0 Å². The number of amides is 2. The molecular formula is C15H21N3O2. The van der Waals surface area contributed by atoms with Crippen LogP contribution in [0.15, 0.2) is 18.2 Å². The van der Waals surface area contributed by atoms with Crippen LogP contribution in [-0.4, -0.2) is 30.9 Å². The van der Waals surface area contributed by atoms with Crippen LogP contribution >= 0.6 is 0 Å². The van der Waals surface area contributed by atoms with E-state index in [1.54, 1.807) is 13.0 Å². The fraction of sp³-hybridized carbons (Fsp3) is 0.467. The molecule has 5 nitrogen and oxygen atoms in total. The summed E-state index contributed by atoms with van der Waals surface area (Å²) < 4.78 is 0. The van der Waals surface area contributed by atoms with Gasteiger partial charge in [0.25, 0.3) is 5.91 Å². The molecule has 1 atom stereocenters. The summed E-state index contributed by atoms with van der Waals surface area (Å²) in [5.41, 5.74) is 2.55. The molecule has 0 aliphatic heterocycles. The number of benzene rings is 1. The van der Waals surface area contributed by atoms with Crippen molar-refractivity contribution in [3.63, 3.8) is 0 Å². The Morgan fingerprint density at radius 2 is 2.00 bits per heavy atom. The molecule has 3 N–H and O–H groups in total. The van der Waals surface area contributed by atoms with Crippen molar-refractivity contribution in [1.82, 2.24) is 10.6 Å². The Hall–Kier alpha value is -2.04. The molecule has 2 amide bonds. The molecule has 0 spiro atoms. The SMILES string of the molecule is CNc1ccc(C(=O)NC(C)C(=O)NC2CC2)cc1C. The summed E-state index contributed by atoms with van der Waals surface area (Å²) in [4.78, 5) is 23.9. The normalized spacial score (nSPS) is 15.3. The van der Waals surface area contributed by atoms with Gasteiger partial charge in [-0.15, -0.1) is 0 Å². The lowest BCUT2D eigenvalue weighted by molar-refractivity contribution is -0.122. The minimum Gasteiger partial charge on any atom is -0.388 e. The Labute approximate surface area is 119 Å². The van der Waals surface area contributed by atoms with E-state index in [1.165, 1.54) is 0 Å². The summed E-state index contributed by atoms with van der Waals surface area (Å²) in [5.74, 6) is -0.349. The first-order valence-corrected chi connectivity index (χ1v) is 6.91. The molecule has 1 aliphatic rings. The second kappa shape index (κ2) is 5.94. The predicted molar refractivity (Wildman–Crippen MR) is 78.8 cm³/mol. The predicted octanol–water partition coefficient (Wildman–Crippen LogP) is 1.43. The van der Waals surface area contributed by atoms with Gasteiger partial charge in [0.2, 0.25) is 5.91 Å². The maximum absolute atomic E-state index is 12.1. The molecule has 0 saturated heterocycles. The minimum atomic E-state index is -0.521. The molecule has 0 heterocycles. The third kappa shape index (κ3) is 3.50. The quantitative estimate of drug-likeness (QED) is 0.761. The van der Waals surface area contributed by atoms with Crippen molar-refractivity contribution >= 4 is 17.5 Å². The van der Waals surface area contributed by atoms with Crippen molar-refractivity contribution in [3.05, 3.63) is 29.3 Å². The maximum atomic E-state index is 12.1. The molecule has 1 unspecified atom stereocenters. The van der Waals surface area contributed by atoms with Gasteiger partial charge in [-0.05, 0) is 50.5 Å². The number of anilines is 1. The van der Waals surface area contributed by atoms with Gasteiger partial charge in [-0.3, -0.25) is 9.59 Å². The number of nitrogens with one attached hydrogen (secondary N) is 3. The standard InChI is InChI=1S/C15H21N3O2/c1-9-8-11(4-7-13(9)16-3)15(20)17-10(2)14(19)18-12-5-6-12/h4,7-8,10,12,16H,5-6H2,1-3H3,(H,17,20)(H,18,19). The Bertz CT molecular complexity index is 524. The van der Waals surface area contributed by atoms with E-state index in [2.05, 4.69) is 16.0 Å². The van der Waals surface area contributed by atoms with Gasteiger partial charge < -0.3 is 16.0 Å². The highest BCUT2D eigenvalue weighted by molar-refractivity contribution is 5.98. The molecule has 2 rings (SSSR count). The first-order valence-electron chi connectivity index (χ1n) is 6.91. The lowest BCUT2D eigenvalue weighted by Crippen LogP contribution is -2.45. The van der Waals surface area contributed by atoms with Gasteiger partial charge in [0.15, 0.2) is 0 Å². The van der Waals surface area contributed by atoms with Crippen molar-refractivity contribution in [2.75, 3.05) is 12.4 Å². The molecule has 0 bridgehead atoms. The smallest absolute Gasteiger partial charge is 0.251 e. The number of carbonyl (C=O) groups excluding carboxylic acids is 2. The topological polar surface area (TPSA) is 70.2 Å². The molecular weight excluding hydrogens is 254 g/mol. The van der Waals surface area contributed by atoms with Crippen molar-refractivity contribution in [2.24, 2.45) is 0 Å². The Kier molecular flexibility index (Phi) is 4.27. The zero-order valence-corrected chi connectivity index (χ0v) is 12.1. The van der Waals surface area contributed by atoms with Crippen LogP contribution in [0.2, 0.25) is 0 Å². The fourth-order valence-electron chi connectivity index (χ4n) is 1.98. The maximum Gasteiger partial charge on any atom is 0.251 e. The van der Waals surface area contributed by atoms with Crippen LogP contribution in [0, 0.1) is 6.92 Å². The van der Waals surface area contributed by atoms with Crippen LogP contribution in [0.25, 0.3) is 0 Å². The second-order valence-electron chi connectivity index (χ2n) is 5.26. The lowest BCUT2D eigenvalue weighted by Gasteiger charge is -2.14. The van der Waals surface area contributed by atoms with Crippen LogP contribution in [0.4, 0.5) is 5.69 Å².